The van der Waals surface area contributed by atoms with Crippen LogP contribution in [0, 0.1) is 11.7 Å². The molecule has 0 spiro atoms. The zero-order valence-electron chi connectivity index (χ0n) is 15.6. The highest BCUT2D eigenvalue weighted by Crippen LogP contribution is 2.42. The van der Waals surface area contributed by atoms with Crippen LogP contribution in [0.1, 0.15) is 53.2 Å². The molecule has 0 saturated heterocycles. The molecule has 1 heterocycles. The van der Waals surface area contributed by atoms with Gasteiger partial charge in [0.2, 0.25) is 11.8 Å². The minimum absolute atomic E-state index is 0.0887. The van der Waals surface area contributed by atoms with Gasteiger partial charge in [0.15, 0.2) is 0 Å². The predicted molar refractivity (Wildman–Crippen MR) is 110 cm³/mol. The summed E-state index contributed by atoms with van der Waals surface area (Å²) in [7, 11) is 0. The molecule has 4 nitrogen and oxygen atoms in total. The van der Waals surface area contributed by atoms with E-state index in [9.17, 15) is 22.8 Å². The van der Waals surface area contributed by atoms with Crippen molar-refractivity contribution in [3.05, 3.63) is 62.3 Å². The average molecular weight is 502 g/mol. The molecule has 1 aliphatic carbocycles. The van der Waals surface area contributed by atoms with Gasteiger partial charge in [0.05, 0.1) is 6.04 Å². The van der Waals surface area contributed by atoms with Crippen molar-refractivity contribution in [2.75, 3.05) is 5.32 Å². The van der Waals surface area contributed by atoms with Gasteiger partial charge in [-0.15, -0.1) is 0 Å². The topological polar surface area (TPSA) is 58.2 Å². The van der Waals surface area contributed by atoms with Crippen molar-refractivity contribution in [3.8, 4) is 0 Å². The van der Waals surface area contributed by atoms with Crippen LogP contribution in [0.5, 0.6) is 0 Å². The maximum Gasteiger partial charge on any atom is 0.252 e. The van der Waals surface area contributed by atoms with Gasteiger partial charge in [-0.2, -0.15) is 0 Å². The Bertz CT molecular complexity index is 1040. The van der Waals surface area contributed by atoms with Crippen molar-refractivity contribution in [2.45, 2.75) is 37.6 Å². The third-order valence-electron chi connectivity index (χ3n) is 5.57. The highest BCUT2D eigenvalue weighted by atomic mass is 79.9. The summed E-state index contributed by atoms with van der Waals surface area (Å²) in [5, 5.41) is 5.83. The summed E-state index contributed by atoms with van der Waals surface area (Å²) in [5.74, 6) is -4.55. The van der Waals surface area contributed by atoms with E-state index in [-0.39, 0.29) is 42.5 Å². The van der Waals surface area contributed by atoms with Gasteiger partial charge >= 0.3 is 0 Å². The van der Waals surface area contributed by atoms with E-state index >= 15 is 0 Å². The van der Waals surface area contributed by atoms with E-state index in [1.165, 1.54) is 18.2 Å². The van der Waals surface area contributed by atoms with Gasteiger partial charge in [-0.25, -0.2) is 13.2 Å². The second-order valence-corrected chi connectivity index (χ2v) is 8.93. The Hall–Kier alpha value is -2.06. The molecule has 4 rings (SSSR count). The molecule has 30 heavy (non-hydrogen) atoms. The zero-order valence-corrected chi connectivity index (χ0v) is 17.9. The molecule has 1 saturated carbocycles. The van der Waals surface area contributed by atoms with Gasteiger partial charge in [0.1, 0.15) is 5.82 Å². The number of hydrogen-bond acceptors (Lipinski definition) is 2. The molecule has 2 aliphatic rings. The van der Waals surface area contributed by atoms with E-state index in [0.29, 0.717) is 26.9 Å². The van der Waals surface area contributed by atoms with E-state index in [1.54, 1.807) is 12.1 Å². The third-order valence-corrected chi connectivity index (χ3v) is 6.37. The molecule has 0 radical (unpaired) electrons. The number of alkyl halides is 2. The SMILES string of the molecule is O=C1NC(c2cc(F)ccc2Cl)c2c(NC(=O)C3CCC(F)(F)CC3)cc(Br)cc21. The molecule has 0 bridgehead atoms. The zero-order chi connectivity index (χ0) is 21.6. The number of nitrogens with one attached hydrogen (secondary N) is 2. The van der Waals surface area contributed by atoms with Gasteiger partial charge in [0.25, 0.3) is 5.91 Å². The van der Waals surface area contributed by atoms with Crippen molar-refractivity contribution in [1.29, 1.82) is 0 Å². The molecule has 2 aromatic carbocycles. The van der Waals surface area contributed by atoms with Crippen molar-refractivity contribution in [1.82, 2.24) is 5.32 Å². The number of benzene rings is 2. The summed E-state index contributed by atoms with van der Waals surface area (Å²) in [6.45, 7) is 0. The fraction of sp³-hybridized carbons (Fsp3) is 0.333. The van der Waals surface area contributed by atoms with Crippen molar-refractivity contribution >= 4 is 45.0 Å². The smallest absolute Gasteiger partial charge is 0.252 e. The normalized spacial score (nSPS) is 20.6. The molecule has 158 valence electrons. The van der Waals surface area contributed by atoms with Crippen LogP contribution in [0.15, 0.2) is 34.8 Å². The average Bonchev–Trinajstić information content (AvgIpc) is 3.00. The molecule has 1 fully saturated rings. The van der Waals surface area contributed by atoms with Crippen molar-refractivity contribution in [3.63, 3.8) is 0 Å². The molecule has 1 unspecified atom stereocenters. The summed E-state index contributed by atoms with van der Waals surface area (Å²) in [6, 6.07) is 6.33. The maximum absolute atomic E-state index is 13.8. The Kier molecular flexibility index (Phi) is 5.57. The standard InChI is InChI=1S/C21H17BrClF3N2O2/c22-11-7-14-17(18(28-20(14)30)13-9-12(24)1-2-15(13)23)16(8-11)27-19(29)10-3-5-21(25,26)6-4-10/h1-2,7-10,18H,3-6H2,(H,27,29)(H,28,30). The van der Waals surface area contributed by atoms with E-state index in [0.717, 1.165) is 0 Å². The molecule has 1 aliphatic heterocycles. The highest BCUT2D eigenvalue weighted by Gasteiger charge is 2.39. The number of carbonyl (C=O) groups is 2. The Morgan fingerprint density at radius 1 is 1.20 bits per heavy atom. The van der Waals surface area contributed by atoms with Crippen molar-refractivity contribution < 1.29 is 22.8 Å². The fourth-order valence-corrected chi connectivity index (χ4v) is 4.69. The Balaban J connectivity index is 1.69. The highest BCUT2D eigenvalue weighted by molar-refractivity contribution is 9.10. The van der Waals surface area contributed by atoms with Crippen LogP contribution in [0.3, 0.4) is 0 Å². The Morgan fingerprint density at radius 2 is 1.90 bits per heavy atom. The van der Waals surface area contributed by atoms with Gasteiger partial charge in [0, 0.05) is 50.6 Å². The second-order valence-electron chi connectivity index (χ2n) is 7.61. The lowest BCUT2D eigenvalue weighted by Gasteiger charge is -2.28. The first kappa shape index (κ1) is 21.2. The van der Waals surface area contributed by atoms with Gasteiger partial charge < -0.3 is 10.6 Å². The lowest BCUT2D eigenvalue weighted by Crippen LogP contribution is -2.32. The third kappa shape index (κ3) is 4.07. The Morgan fingerprint density at radius 3 is 2.60 bits per heavy atom. The first-order valence-electron chi connectivity index (χ1n) is 9.42. The van der Waals surface area contributed by atoms with Crippen LogP contribution in [0.4, 0.5) is 18.9 Å². The van der Waals surface area contributed by atoms with Gasteiger partial charge in [-0.3, -0.25) is 9.59 Å². The van der Waals surface area contributed by atoms with Gasteiger partial charge in [-0.1, -0.05) is 27.5 Å². The van der Waals surface area contributed by atoms with Crippen LogP contribution in [0.2, 0.25) is 5.02 Å². The lowest BCUT2D eigenvalue weighted by atomic mass is 9.86. The quantitative estimate of drug-likeness (QED) is 0.555. The largest absolute Gasteiger partial charge is 0.341 e. The second kappa shape index (κ2) is 7.89. The van der Waals surface area contributed by atoms with E-state index < -0.39 is 23.7 Å². The van der Waals surface area contributed by atoms with E-state index in [2.05, 4.69) is 26.6 Å². The minimum Gasteiger partial charge on any atom is -0.341 e. The number of amides is 2. The fourth-order valence-electron chi connectivity index (χ4n) is 4.01. The minimum atomic E-state index is -2.73. The number of fused-ring (bicyclic) bond motifs is 1. The van der Waals surface area contributed by atoms with Crippen LogP contribution < -0.4 is 10.6 Å². The van der Waals surface area contributed by atoms with Crippen LogP contribution in [0.25, 0.3) is 0 Å². The molecular formula is C21H17BrClF3N2O2. The maximum atomic E-state index is 13.8. The summed E-state index contributed by atoms with van der Waals surface area (Å²) in [6.07, 6.45) is -0.483. The van der Waals surface area contributed by atoms with E-state index in [4.69, 9.17) is 11.6 Å². The van der Waals surface area contributed by atoms with Crippen LogP contribution in [-0.2, 0) is 4.79 Å². The number of halogens is 5. The molecule has 9 heteroatoms. The first-order chi connectivity index (χ1) is 14.1. The molecule has 2 amide bonds. The Labute approximate surface area is 184 Å². The molecular weight excluding hydrogens is 485 g/mol. The lowest BCUT2D eigenvalue weighted by molar-refractivity contribution is -0.124. The first-order valence-corrected chi connectivity index (χ1v) is 10.6. The number of hydrogen-bond donors (Lipinski definition) is 2. The van der Waals surface area contributed by atoms with Crippen LogP contribution >= 0.6 is 27.5 Å². The van der Waals surface area contributed by atoms with Crippen molar-refractivity contribution in [2.24, 2.45) is 5.92 Å². The molecule has 1 atom stereocenters. The molecule has 2 N–H and O–H groups in total. The molecule has 2 aromatic rings. The van der Waals surface area contributed by atoms with E-state index in [1.807, 2.05) is 0 Å². The number of rotatable bonds is 3. The summed E-state index contributed by atoms with van der Waals surface area (Å²) >= 11 is 9.57. The van der Waals surface area contributed by atoms with Crippen LogP contribution in [-0.4, -0.2) is 17.7 Å². The van der Waals surface area contributed by atoms with Gasteiger partial charge in [-0.05, 0) is 43.2 Å². The monoisotopic (exact) mass is 500 g/mol. The summed E-state index contributed by atoms with van der Waals surface area (Å²) in [5.41, 5.74) is 1.50. The number of anilines is 1. The summed E-state index contributed by atoms with van der Waals surface area (Å²) in [4.78, 5) is 25.3. The number of carbonyl (C=O) groups excluding carboxylic acids is 2. The summed E-state index contributed by atoms with van der Waals surface area (Å²) < 4.78 is 41.3. The predicted octanol–water partition coefficient (Wildman–Crippen LogP) is 5.84. The molecule has 0 aromatic heterocycles.